The maximum absolute atomic E-state index is 13.2. The molecule has 2 amide bonds. The predicted octanol–water partition coefficient (Wildman–Crippen LogP) is 4.32. The molecule has 0 spiro atoms. The molecule has 2 fully saturated rings. The monoisotopic (exact) mass is 405 g/mol. The molecule has 1 saturated carbocycles. The Morgan fingerprint density at radius 1 is 0.933 bits per heavy atom. The lowest BCUT2D eigenvalue weighted by molar-refractivity contribution is -0.119. The molecule has 1 aliphatic carbocycles. The highest BCUT2D eigenvalue weighted by molar-refractivity contribution is 6.05. The first-order valence-electron chi connectivity index (χ1n) is 11.0. The van der Waals surface area contributed by atoms with Crippen molar-refractivity contribution in [1.82, 2.24) is 4.90 Å². The Labute approximate surface area is 179 Å². The van der Waals surface area contributed by atoms with Crippen LogP contribution in [0.25, 0.3) is 0 Å². The SMILES string of the molecule is CN(Cc1ccc(N2CCCCC2)cc1)C(=O)c1ccccc1N(C)C(=O)C1CC1. The molecule has 1 heterocycles. The number of hydrogen-bond acceptors (Lipinski definition) is 3. The highest BCUT2D eigenvalue weighted by Crippen LogP contribution is 2.33. The second kappa shape index (κ2) is 8.90. The van der Waals surface area contributed by atoms with E-state index in [0.29, 0.717) is 17.8 Å². The minimum absolute atomic E-state index is 0.0684. The van der Waals surface area contributed by atoms with Gasteiger partial charge >= 0.3 is 0 Å². The Balaban J connectivity index is 1.44. The molecule has 1 saturated heterocycles. The van der Waals surface area contributed by atoms with E-state index in [1.165, 1.54) is 24.9 Å². The van der Waals surface area contributed by atoms with Crippen LogP contribution < -0.4 is 9.80 Å². The van der Waals surface area contributed by atoms with Crippen LogP contribution in [-0.2, 0) is 11.3 Å². The van der Waals surface area contributed by atoms with Crippen molar-refractivity contribution in [2.24, 2.45) is 5.92 Å². The summed E-state index contributed by atoms with van der Waals surface area (Å²) >= 11 is 0. The van der Waals surface area contributed by atoms with Gasteiger partial charge in [-0.1, -0.05) is 24.3 Å². The number of para-hydroxylation sites is 1. The van der Waals surface area contributed by atoms with E-state index in [1.54, 1.807) is 16.8 Å². The number of piperidine rings is 1. The lowest BCUT2D eigenvalue weighted by Crippen LogP contribution is -2.32. The average Bonchev–Trinajstić information content (AvgIpc) is 3.64. The molecule has 0 aromatic heterocycles. The molecule has 0 bridgehead atoms. The minimum Gasteiger partial charge on any atom is -0.372 e. The van der Waals surface area contributed by atoms with E-state index in [1.807, 2.05) is 31.3 Å². The molecule has 5 nitrogen and oxygen atoms in total. The van der Waals surface area contributed by atoms with Crippen LogP contribution in [0.2, 0.25) is 0 Å². The number of benzene rings is 2. The van der Waals surface area contributed by atoms with Crippen LogP contribution in [-0.4, -0.2) is 43.9 Å². The first-order valence-corrected chi connectivity index (χ1v) is 11.0. The van der Waals surface area contributed by atoms with Crippen LogP contribution in [0.4, 0.5) is 11.4 Å². The van der Waals surface area contributed by atoms with Crippen LogP contribution in [0.15, 0.2) is 48.5 Å². The van der Waals surface area contributed by atoms with E-state index in [4.69, 9.17) is 0 Å². The van der Waals surface area contributed by atoms with E-state index in [9.17, 15) is 9.59 Å². The molecule has 0 unspecified atom stereocenters. The van der Waals surface area contributed by atoms with E-state index in [0.717, 1.165) is 31.5 Å². The quantitative estimate of drug-likeness (QED) is 0.719. The van der Waals surface area contributed by atoms with Crippen molar-refractivity contribution in [3.05, 3.63) is 59.7 Å². The Morgan fingerprint density at radius 2 is 1.60 bits per heavy atom. The van der Waals surface area contributed by atoms with Gasteiger partial charge in [0.05, 0.1) is 11.3 Å². The third-order valence-electron chi connectivity index (χ3n) is 6.18. The van der Waals surface area contributed by atoms with Gasteiger partial charge in [-0.25, -0.2) is 0 Å². The summed E-state index contributed by atoms with van der Waals surface area (Å²) in [7, 11) is 3.59. The molecule has 0 radical (unpaired) electrons. The Kier molecular flexibility index (Phi) is 6.07. The fourth-order valence-corrected chi connectivity index (χ4v) is 4.19. The Bertz CT molecular complexity index is 899. The summed E-state index contributed by atoms with van der Waals surface area (Å²) in [5.41, 5.74) is 3.62. The molecule has 4 rings (SSSR count). The third-order valence-corrected chi connectivity index (χ3v) is 6.18. The molecule has 1 aliphatic heterocycles. The molecule has 2 aromatic rings. The first kappa shape index (κ1) is 20.5. The van der Waals surface area contributed by atoms with Crippen LogP contribution >= 0.6 is 0 Å². The summed E-state index contributed by atoms with van der Waals surface area (Å²) in [6, 6.07) is 15.9. The van der Waals surface area contributed by atoms with Gasteiger partial charge in [-0.3, -0.25) is 9.59 Å². The second-order valence-electron chi connectivity index (χ2n) is 8.56. The summed E-state index contributed by atoms with van der Waals surface area (Å²) in [6.07, 6.45) is 5.75. The molecule has 2 aromatic carbocycles. The number of hydrogen-bond donors (Lipinski definition) is 0. The first-order chi connectivity index (χ1) is 14.5. The zero-order valence-corrected chi connectivity index (χ0v) is 18.0. The van der Waals surface area contributed by atoms with Crippen molar-refractivity contribution >= 4 is 23.2 Å². The molecule has 0 atom stereocenters. The molecule has 30 heavy (non-hydrogen) atoms. The standard InChI is InChI=1S/C25H31N3O2/c1-26(18-19-10-14-21(15-11-19)28-16-6-3-7-17-28)25(30)22-8-4-5-9-23(22)27(2)24(29)20-12-13-20/h4-5,8-11,14-15,20H,3,6-7,12-13,16-18H2,1-2H3. The van der Waals surface area contributed by atoms with Gasteiger partial charge in [0.2, 0.25) is 5.91 Å². The highest BCUT2D eigenvalue weighted by atomic mass is 16.2. The van der Waals surface area contributed by atoms with Crippen LogP contribution in [0.5, 0.6) is 0 Å². The molecule has 2 aliphatic rings. The van der Waals surface area contributed by atoms with Crippen molar-refractivity contribution in [3.63, 3.8) is 0 Å². The summed E-state index contributed by atoms with van der Waals surface area (Å²) in [5.74, 6) is 0.154. The van der Waals surface area contributed by atoms with Gasteiger partial charge in [0, 0.05) is 45.3 Å². The van der Waals surface area contributed by atoms with Crippen molar-refractivity contribution in [1.29, 1.82) is 0 Å². The number of carbonyl (C=O) groups excluding carboxylic acids is 2. The number of rotatable bonds is 6. The normalized spacial score (nSPS) is 16.3. The van der Waals surface area contributed by atoms with Gasteiger partial charge in [0.25, 0.3) is 5.91 Å². The van der Waals surface area contributed by atoms with Gasteiger partial charge in [0.1, 0.15) is 0 Å². The zero-order chi connectivity index (χ0) is 21.1. The maximum Gasteiger partial charge on any atom is 0.256 e. The van der Waals surface area contributed by atoms with Crippen LogP contribution in [0.1, 0.15) is 48.0 Å². The van der Waals surface area contributed by atoms with Gasteiger partial charge in [0.15, 0.2) is 0 Å². The van der Waals surface area contributed by atoms with Crippen molar-refractivity contribution in [3.8, 4) is 0 Å². The summed E-state index contributed by atoms with van der Waals surface area (Å²) in [4.78, 5) is 31.5. The smallest absolute Gasteiger partial charge is 0.256 e. The lowest BCUT2D eigenvalue weighted by atomic mass is 10.1. The molecular weight excluding hydrogens is 374 g/mol. The molecule has 5 heteroatoms. The fourth-order valence-electron chi connectivity index (χ4n) is 4.19. The summed E-state index contributed by atoms with van der Waals surface area (Å²) in [5, 5.41) is 0. The lowest BCUT2D eigenvalue weighted by Gasteiger charge is -2.29. The largest absolute Gasteiger partial charge is 0.372 e. The van der Waals surface area contributed by atoms with Crippen molar-refractivity contribution in [2.45, 2.75) is 38.6 Å². The number of carbonyl (C=O) groups is 2. The van der Waals surface area contributed by atoms with Crippen LogP contribution in [0, 0.1) is 5.92 Å². The minimum atomic E-state index is -0.0684. The fraction of sp³-hybridized carbons (Fsp3) is 0.440. The van der Waals surface area contributed by atoms with Gasteiger partial charge in [-0.2, -0.15) is 0 Å². The van der Waals surface area contributed by atoms with Gasteiger partial charge in [-0.15, -0.1) is 0 Å². The van der Waals surface area contributed by atoms with Crippen molar-refractivity contribution in [2.75, 3.05) is 37.0 Å². The van der Waals surface area contributed by atoms with Crippen LogP contribution in [0.3, 0.4) is 0 Å². The van der Waals surface area contributed by atoms with E-state index in [2.05, 4.69) is 29.2 Å². The van der Waals surface area contributed by atoms with E-state index >= 15 is 0 Å². The third kappa shape index (κ3) is 4.50. The summed E-state index contributed by atoms with van der Waals surface area (Å²) in [6.45, 7) is 2.79. The maximum atomic E-state index is 13.2. The Hall–Kier alpha value is -2.82. The van der Waals surface area contributed by atoms with E-state index < -0.39 is 0 Å². The highest BCUT2D eigenvalue weighted by Gasteiger charge is 2.33. The van der Waals surface area contributed by atoms with E-state index in [-0.39, 0.29) is 17.7 Å². The van der Waals surface area contributed by atoms with Crippen molar-refractivity contribution < 1.29 is 9.59 Å². The number of anilines is 2. The molecule has 158 valence electrons. The number of nitrogens with zero attached hydrogens (tertiary/aromatic N) is 3. The number of amides is 2. The summed E-state index contributed by atoms with van der Waals surface area (Å²) < 4.78 is 0. The average molecular weight is 406 g/mol. The Morgan fingerprint density at radius 3 is 2.27 bits per heavy atom. The van der Waals surface area contributed by atoms with Gasteiger partial charge in [-0.05, 0) is 61.9 Å². The molecular formula is C25H31N3O2. The second-order valence-corrected chi connectivity index (χ2v) is 8.56. The van der Waals surface area contributed by atoms with Gasteiger partial charge < -0.3 is 14.7 Å². The predicted molar refractivity (Wildman–Crippen MR) is 121 cm³/mol. The molecule has 0 N–H and O–H groups in total. The topological polar surface area (TPSA) is 43.9 Å². The zero-order valence-electron chi connectivity index (χ0n) is 18.0.